The normalized spacial score (nSPS) is 13.7. The zero-order chi connectivity index (χ0) is 17.3. The first-order valence-electron chi connectivity index (χ1n) is 8.62. The van der Waals surface area contributed by atoms with Crippen molar-refractivity contribution in [2.45, 2.75) is 52.9 Å². The maximum atomic E-state index is 12.7. The number of anilines is 1. The summed E-state index contributed by atoms with van der Waals surface area (Å²) >= 11 is 1.52. The molecule has 2 amide bonds. The number of carbonyl (C=O) groups excluding carboxylic acids is 2. The quantitative estimate of drug-likeness (QED) is 0.529. The highest BCUT2D eigenvalue weighted by Gasteiger charge is 2.40. The van der Waals surface area contributed by atoms with Crippen molar-refractivity contribution in [3.8, 4) is 0 Å². The maximum absolute atomic E-state index is 12.7. The average molecular weight is 341 g/mol. The summed E-state index contributed by atoms with van der Waals surface area (Å²) in [5, 5.41) is 0. The van der Waals surface area contributed by atoms with E-state index in [2.05, 4.69) is 6.92 Å². The van der Waals surface area contributed by atoms with Crippen LogP contribution < -0.4 is 4.90 Å². The van der Waals surface area contributed by atoms with E-state index in [1.54, 1.807) is 0 Å². The predicted molar refractivity (Wildman–Crippen MR) is 99.2 cm³/mol. The summed E-state index contributed by atoms with van der Waals surface area (Å²) in [6.45, 7) is 6.02. The molecule has 0 N–H and O–H groups in total. The summed E-state index contributed by atoms with van der Waals surface area (Å²) in [4.78, 5) is 28.5. The third kappa shape index (κ3) is 2.91. The fourth-order valence-electron chi connectivity index (χ4n) is 3.32. The lowest BCUT2D eigenvalue weighted by Gasteiger charge is -2.15. The topological polar surface area (TPSA) is 37.4 Å². The molecule has 1 aliphatic rings. The maximum Gasteiger partial charge on any atom is 0.267 e. The Balaban J connectivity index is 1.77. The molecule has 1 aliphatic heterocycles. The van der Waals surface area contributed by atoms with E-state index in [4.69, 9.17) is 0 Å². The van der Waals surface area contributed by atoms with Gasteiger partial charge in [0.05, 0.1) is 16.8 Å². The van der Waals surface area contributed by atoms with Gasteiger partial charge in [0.15, 0.2) is 0 Å². The van der Waals surface area contributed by atoms with Gasteiger partial charge in [0.25, 0.3) is 11.8 Å². The van der Waals surface area contributed by atoms with Gasteiger partial charge in [-0.05, 0) is 44.4 Å². The Labute approximate surface area is 147 Å². The fourth-order valence-corrected chi connectivity index (χ4v) is 4.36. The van der Waals surface area contributed by atoms with Gasteiger partial charge in [0.1, 0.15) is 0 Å². The second-order valence-electron chi connectivity index (χ2n) is 6.39. The number of thiophene rings is 1. The number of hydrogen-bond acceptors (Lipinski definition) is 3. The van der Waals surface area contributed by atoms with Crippen LogP contribution in [0.15, 0.2) is 24.3 Å². The lowest BCUT2D eigenvalue weighted by Crippen LogP contribution is -2.29. The van der Waals surface area contributed by atoms with Gasteiger partial charge < -0.3 is 0 Å². The van der Waals surface area contributed by atoms with Crippen molar-refractivity contribution in [2.24, 2.45) is 0 Å². The first-order valence-corrected chi connectivity index (χ1v) is 9.44. The first-order chi connectivity index (χ1) is 11.5. The van der Waals surface area contributed by atoms with Gasteiger partial charge in [0.2, 0.25) is 0 Å². The number of rotatable bonds is 6. The Bertz CT molecular complexity index is 737. The molecule has 24 heavy (non-hydrogen) atoms. The van der Waals surface area contributed by atoms with E-state index in [0.717, 1.165) is 16.2 Å². The van der Waals surface area contributed by atoms with Crippen molar-refractivity contribution in [2.75, 3.05) is 4.90 Å². The lowest BCUT2D eigenvalue weighted by atomic mass is 10.1. The van der Waals surface area contributed by atoms with Crippen LogP contribution >= 0.6 is 11.3 Å². The Morgan fingerprint density at radius 3 is 2.00 bits per heavy atom. The predicted octanol–water partition coefficient (Wildman–Crippen LogP) is 5.29. The molecule has 0 unspecified atom stereocenters. The Morgan fingerprint density at radius 1 is 0.875 bits per heavy atom. The van der Waals surface area contributed by atoms with Crippen LogP contribution in [-0.4, -0.2) is 11.8 Å². The van der Waals surface area contributed by atoms with Crippen LogP contribution in [0, 0.1) is 13.8 Å². The Hall–Kier alpha value is -1.94. The highest BCUT2D eigenvalue weighted by Crippen LogP contribution is 2.36. The van der Waals surface area contributed by atoms with Crippen LogP contribution in [0.2, 0.25) is 0 Å². The third-order valence-electron chi connectivity index (χ3n) is 4.61. The number of nitrogens with zero attached hydrogens (tertiary/aromatic N) is 1. The van der Waals surface area contributed by atoms with Crippen molar-refractivity contribution in [1.82, 2.24) is 0 Å². The van der Waals surface area contributed by atoms with E-state index in [-0.39, 0.29) is 11.8 Å². The molecule has 0 bridgehead atoms. The molecule has 0 saturated heterocycles. The van der Waals surface area contributed by atoms with Crippen LogP contribution in [0.25, 0.3) is 0 Å². The van der Waals surface area contributed by atoms with E-state index in [1.165, 1.54) is 47.5 Å². The average Bonchev–Trinajstić information content (AvgIpc) is 3.01. The number of imide groups is 1. The van der Waals surface area contributed by atoms with Crippen LogP contribution in [0.1, 0.15) is 68.6 Å². The highest BCUT2D eigenvalue weighted by molar-refractivity contribution is 7.12. The van der Waals surface area contributed by atoms with Gasteiger partial charge in [-0.15, -0.1) is 11.3 Å². The molecular formula is C20H23NO2S. The molecule has 0 aliphatic carbocycles. The molecule has 0 spiro atoms. The number of carbonyl (C=O) groups is 2. The summed E-state index contributed by atoms with van der Waals surface area (Å²) in [6.07, 6.45) is 5.99. The van der Waals surface area contributed by atoms with E-state index in [1.807, 2.05) is 38.1 Å². The van der Waals surface area contributed by atoms with Crippen molar-refractivity contribution in [3.05, 3.63) is 50.7 Å². The van der Waals surface area contributed by atoms with E-state index >= 15 is 0 Å². The molecule has 3 rings (SSSR count). The molecule has 3 nitrogen and oxygen atoms in total. The van der Waals surface area contributed by atoms with E-state index in [0.29, 0.717) is 16.8 Å². The molecule has 1 aromatic carbocycles. The largest absolute Gasteiger partial charge is 0.268 e. The van der Waals surface area contributed by atoms with Crippen LogP contribution in [0.5, 0.6) is 0 Å². The summed E-state index contributed by atoms with van der Waals surface area (Å²) in [5.74, 6) is -0.375. The zero-order valence-electron chi connectivity index (χ0n) is 14.5. The Kier molecular flexibility index (Phi) is 4.86. The number of benzene rings is 1. The number of amides is 2. The zero-order valence-corrected chi connectivity index (χ0v) is 15.3. The number of hydrogen-bond donors (Lipinski definition) is 0. The van der Waals surface area contributed by atoms with Crippen molar-refractivity contribution >= 4 is 28.8 Å². The molecular weight excluding hydrogens is 318 g/mol. The first kappa shape index (κ1) is 16.9. The molecule has 0 fully saturated rings. The molecule has 0 saturated carbocycles. The second-order valence-corrected chi connectivity index (χ2v) is 7.82. The molecule has 2 heterocycles. The third-order valence-corrected chi connectivity index (χ3v) is 5.63. The summed E-state index contributed by atoms with van der Waals surface area (Å²) in [5.41, 5.74) is 3.11. The molecule has 4 heteroatoms. The Morgan fingerprint density at radius 2 is 1.46 bits per heavy atom. The van der Waals surface area contributed by atoms with Gasteiger partial charge in [-0.2, -0.15) is 0 Å². The minimum atomic E-state index is -0.187. The number of fused-ring (bicyclic) bond motifs is 1. The van der Waals surface area contributed by atoms with Crippen LogP contribution in [-0.2, 0) is 6.42 Å². The second kappa shape index (κ2) is 6.89. The van der Waals surface area contributed by atoms with Gasteiger partial charge >= 0.3 is 0 Å². The van der Waals surface area contributed by atoms with Gasteiger partial charge in [-0.1, -0.05) is 38.3 Å². The van der Waals surface area contributed by atoms with Gasteiger partial charge in [0, 0.05) is 9.75 Å². The van der Waals surface area contributed by atoms with E-state index < -0.39 is 0 Å². The summed E-state index contributed by atoms with van der Waals surface area (Å²) in [6, 6.07) is 7.86. The van der Waals surface area contributed by atoms with E-state index in [9.17, 15) is 9.59 Å². The van der Waals surface area contributed by atoms with Crippen LogP contribution in [0.3, 0.4) is 0 Å². The summed E-state index contributed by atoms with van der Waals surface area (Å²) < 4.78 is 0. The van der Waals surface area contributed by atoms with Crippen molar-refractivity contribution in [3.63, 3.8) is 0 Å². The highest BCUT2D eigenvalue weighted by atomic mass is 32.1. The minimum Gasteiger partial charge on any atom is -0.268 e. The van der Waals surface area contributed by atoms with Crippen molar-refractivity contribution < 1.29 is 9.59 Å². The lowest BCUT2D eigenvalue weighted by molar-refractivity contribution is 0.0926. The number of aryl methyl sites for hydroxylation is 3. The fraction of sp³-hybridized carbons (Fsp3) is 0.400. The summed E-state index contributed by atoms with van der Waals surface area (Å²) in [7, 11) is 0. The molecule has 1 aromatic heterocycles. The smallest absolute Gasteiger partial charge is 0.267 e. The van der Waals surface area contributed by atoms with Gasteiger partial charge in [-0.3, -0.25) is 9.59 Å². The van der Waals surface area contributed by atoms with Crippen LogP contribution in [0.4, 0.5) is 5.69 Å². The molecule has 2 aromatic rings. The molecule has 0 atom stereocenters. The molecule has 0 radical (unpaired) electrons. The monoisotopic (exact) mass is 341 g/mol. The standard InChI is InChI=1S/C20H23NO2S/c1-4-5-6-7-8-15-9-11-16(12-10-15)21-19(22)17-13(2)24-14(3)18(17)20(21)23/h9-12H,4-8H2,1-3H3. The molecule has 126 valence electrons. The SMILES string of the molecule is CCCCCCc1ccc(N2C(=O)c3c(C)sc(C)c3C2=O)cc1. The van der Waals surface area contributed by atoms with Gasteiger partial charge in [-0.25, -0.2) is 4.90 Å². The van der Waals surface area contributed by atoms with Crippen molar-refractivity contribution in [1.29, 1.82) is 0 Å². The minimum absolute atomic E-state index is 0.187. The number of unbranched alkanes of at least 4 members (excludes halogenated alkanes) is 3.